The highest BCUT2D eigenvalue weighted by Crippen LogP contribution is 2.25. The molecule has 1 atom stereocenters. The van der Waals surface area contributed by atoms with Crippen LogP contribution >= 0.6 is 0 Å². The van der Waals surface area contributed by atoms with E-state index in [-0.39, 0.29) is 17.7 Å². The molecule has 142 valence electrons. The zero-order valence-electron chi connectivity index (χ0n) is 16.2. The molecule has 1 N–H and O–H groups in total. The van der Waals surface area contributed by atoms with E-state index in [0.29, 0.717) is 5.76 Å². The number of benzene rings is 2. The Morgan fingerprint density at radius 2 is 1.81 bits per heavy atom. The fourth-order valence-electron chi connectivity index (χ4n) is 3.00. The molecule has 2 aromatic carbocycles. The summed E-state index contributed by atoms with van der Waals surface area (Å²) in [6.07, 6.45) is 0.163. The first-order valence-corrected chi connectivity index (χ1v) is 9.17. The molecule has 3 rings (SSSR count). The van der Waals surface area contributed by atoms with Crippen LogP contribution in [0.1, 0.15) is 37.9 Å². The van der Waals surface area contributed by atoms with Gasteiger partial charge in [-0.15, -0.1) is 0 Å². The molecule has 0 amide bonds. The minimum absolute atomic E-state index is 0.163. The van der Waals surface area contributed by atoms with Gasteiger partial charge in [-0.1, -0.05) is 36.4 Å². The number of nitrogens with one attached hydrogen (secondary N) is 1. The SMILES string of the molecule is CC(C)Oc1cccc(C(C)N(C)Cc2ccc(-c3cc(=O)[nH]o3)cc2)c1. The van der Waals surface area contributed by atoms with Gasteiger partial charge in [-0.3, -0.25) is 9.69 Å². The molecule has 1 aromatic heterocycles. The van der Waals surface area contributed by atoms with Gasteiger partial charge in [0.05, 0.1) is 12.2 Å². The van der Waals surface area contributed by atoms with E-state index in [2.05, 4.69) is 48.3 Å². The molecule has 0 saturated carbocycles. The first kappa shape index (κ1) is 19.0. The van der Waals surface area contributed by atoms with E-state index < -0.39 is 0 Å². The highest BCUT2D eigenvalue weighted by Gasteiger charge is 2.13. The lowest BCUT2D eigenvalue weighted by atomic mass is 10.1. The Hall–Kier alpha value is -2.79. The number of H-pyrrole nitrogens is 1. The Kier molecular flexibility index (Phi) is 5.81. The molecule has 5 heteroatoms. The number of ether oxygens (including phenoxy) is 1. The number of rotatable bonds is 7. The number of hydrogen-bond acceptors (Lipinski definition) is 4. The quantitative estimate of drug-likeness (QED) is 0.663. The van der Waals surface area contributed by atoms with Crippen molar-refractivity contribution in [3.05, 3.63) is 76.1 Å². The molecule has 27 heavy (non-hydrogen) atoms. The van der Waals surface area contributed by atoms with Crippen LogP contribution in [0.5, 0.6) is 5.75 Å². The van der Waals surface area contributed by atoms with Crippen LogP contribution in [0.15, 0.2) is 63.9 Å². The lowest BCUT2D eigenvalue weighted by Gasteiger charge is -2.25. The summed E-state index contributed by atoms with van der Waals surface area (Å²) < 4.78 is 11.0. The molecule has 0 spiro atoms. The zero-order valence-corrected chi connectivity index (χ0v) is 16.2. The van der Waals surface area contributed by atoms with Crippen LogP contribution in [0.3, 0.4) is 0 Å². The summed E-state index contributed by atoms with van der Waals surface area (Å²) in [7, 11) is 2.11. The van der Waals surface area contributed by atoms with E-state index in [4.69, 9.17) is 9.26 Å². The number of hydrogen-bond donors (Lipinski definition) is 1. The van der Waals surface area contributed by atoms with Crippen molar-refractivity contribution >= 4 is 0 Å². The van der Waals surface area contributed by atoms with Gasteiger partial charge in [0.25, 0.3) is 5.56 Å². The molecule has 0 fully saturated rings. The second-order valence-corrected chi connectivity index (χ2v) is 7.10. The van der Waals surface area contributed by atoms with Crippen molar-refractivity contribution in [3.63, 3.8) is 0 Å². The summed E-state index contributed by atoms with van der Waals surface area (Å²) in [6, 6.07) is 18.0. The normalized spacial score (nSPS) is 12.5. The zero-order chi connectivity index (χ0) is 19.4. The summed E-state index contributed by atoms with van der Waals surface area (Å²) in [5, 5.41) is 2.31. The van der Waals surface area contributed by atoms with Crippen molar-refractivity contribution in [3.8, 4) is 17.1 Å². The molecule has 0 aliphatic rings. The molecule has 0 radical (unpaired) electrons. The largest absolute Gasteiger partial charge is 0.491 e. The lowest BCUT2D eigenvalue weighted by molar-refractivity contribution is 0.237. The van der Waals surface area contributed by atoms with Gasteiger partial charge in [-0.25, -0.2) is 0 Å². The topological polar surface area (TPSA) is 58.5 Å². The Morgan fingerprint density at radius 1 is 1.07 bits per heavy atom. The Balaban J connectivity index is 1.67. The van der Waals surface area contributed by atoms with Crippen LogP contribution in [0.4, 0.5) is 0 Å². The molecule has 1 unspecified atom stereocenters. The standard InChI is InChI=1S/C22H26N2O3/c1-15(2)26-20-7-5-6-19(12-20)16(3)24(4)14-17-8-10-18(11-9-17)21-13-22(25)23-27-21/h5-13,15-16H,14H2,1-4H3,(H,23,25). The van der Waals surface area contributed by atoms with Gasteiger partial charge in [0.2, 0.25) is 0 Å². The third-order valence-electron chi connectivity index (χ3n) is 4.57. The van der Waals surface area contributed by atoms with E-state index in [1.165, 1.54) is 17.2 Å². The highest BCUT2D eigenvalue weighted by atomic mass is 16.5. The van der Waals surface area contributed by atoms with Gasteiger partial charge in [0, 0.05) is 18.2 Å². The summed E-state index contributed by atoms with van der Waals surface area (Å²) in [4.78, 5) is 13.5. The second kappa shape index (κ2) is 8.27. The summed E-state index contributed by atoms with van der Waals surface area (Å²) in [5.74, 6) is 1.45. The van der Waals surface area contributed by atoms with Crippen molar-refractivity contribution < 1.29 is 9.26 Å². The average Bonchev–Trinajstić information content (AvgIpc) is 3.07. The van der Waals surface area contributed by atoms with Gasteiger partial charge >= 0.3 is 0 Å². The van der Waals surface area contributed by atoms with Gasteiger partial charge in [-0.2, -0.15) is 5.16 Å². The number of aromatic nitrogens is 1. The predicted octanol–water partition coefficient (Wildman–Crippen LogP) is 4.62. The Labute approximate surface area is 159 Å². The maximum atomic E-state index is 11.2. The van der Waals surface area contributed by atoms with Crippen LogP contribution < -0.4 is 10.3 Å². The van der Waals surface area contributed by atoms with E-state index >= 15 is 0 Å². The van der Waals surface area contributed by atoms with Crippen LogP contribution in [-0.2, 0) is 6.54 Å². The first-order chi connectivity index (χ1) is 12.9. The van der Waals surface area contributed by atoms with Crippen molar-refractivity contribution in [2.75, 3.05) is 7.05 Å². The smallest absolute Gasteiger partial charge is 0.280 e. The summed E-state index contributed by atoms with van der Waals surface area (Å²) >= 11 is 0. The molecule has 0 saturated heterocycles. The molecule has 0 aliphatic heterocycles. The van der Waals surface area contributed by atoms with Gasteiger partial charge in [0.1, 0.15) is 5.75 Å². The minimum atomic E-state index is -0.230. The van der Waals surface area contributed by atoms with E-state index in [9.17, 15) is 4.79 Å². The van der Waals surface area contributed by atoms with Crippen molar-refractivity contribution in [1.82, 2.24) is 10.1 Å². The van der Waals surface area contributed by atoms with E-state index in [1.807, 2.05) is 38.1 Å². The number of nitrogens with zero attached hydrogens (tertiary/aromatic N) is 1. The van der Waals surface area contributed by atoms with Crippen molar-refractivity contribution in [2.24, 2.45) is 0 Å². The third kappa shape index (κ3) is 4.89. The monoisotopic (exact) mass is 366 g/mol. The molecule has 0 bridgehead atoms. The number of aromatic amines is 1. The summed E-state index contributed by atoms with van der Waals surface area (Å²) in [6.45, 7) is 7.07. The lowest BCUT2D eigenvalue weighted by Crippen LogP contribution is -2.22. The fourth-order valence-corrected chi connectivity index (χ4v) is 3.00. The van der Waals surface area contributed by atoms with Crippen LogP contribution in [0.2, 0.25) is 0 Å². The molecule has 1 heterocycles. The van der Waals surface area contributed by atoms with Crippen molar-refractivity contribution in [2.45, 2.75) is 39.5 Å². The third-order valence-corrected chi connectivity index (χ3v) is 4.57. The first-order valence-electron chi connectivity index (χ1n) is 9.17. The molecule has 0 aliphatic carbocycles. The molecular weight excluding hydrogens is 340 g/mol. The molecule has 5 nitrogen and oxygen atoms in total. The van der Waals surface area contributed by atoms with Crippen LogP contribution in [0, 0.1) is 0 Å². The van der Waals surface area contributed by atoms with Crippen molar-refractivity contribution in [1.29, 1.82) is 0 Å². The Bertz CT molecular complexity index is 925. The van der Waals surface area contributed by atoms with Gasteiger partial charge in [0.15, 0.2) is 5.76 Å². The average molecular weight is 366 g/mol. The maximum absolute atomic E-state index is 11.2. The fraction of sp³-hybridized carbons (Fsp3) is 0.318. The minimum Gasteiger partial charge on any atom is -0.491 e. The maximum Gasteiger partial charge on any atom is 0.280 e. The van der Waals surface area contributed by atoms with Gasteiger partial charge < -0.3 is 9.26 Å². The Morgan fingerprint density at radius 3 is 2.44 bits per heavy atom. The molecule has 3 aromatic rings. The van der Waals surface area contributed by atoms with E-state index in [1.54, 1.807) is 0 Å². The second-order valence-electron chi connectivity index (χ2n) is 7.10. The molecular formula is C22H26N2O3. The summed E-state index contributed by atoms with van der Waals surface area (Å²) in [5.41, 5.74) is 3.07. The van der Waals surface area contributed by atoms with Crippen LogP contribution in [0.25, 0.3) is 11.3 Å². The van der Waals surface area contributed by atoms with E-state index in [0.717, 1.165) is 17.9 Å². The predicted molar refractivity (Wildman–Crippen MR) is 107 cm³/mol. The van der Waals surface area contributed by atoms with Gasteiger partial charge in [-0.05, 0) is 51.1 Å². The van der Waals surface area contributed by atoms with Crippen LogP contribution in [-0.4, -0.2) is 23.2 Å². The highest BCUT2D eigenvalue weighted by molar-refractivity contribution is 5.56.